The third kappa shape index (κ3) is 5.94. The van der Waals surface area contributed by atoms with Gasteiger partial charge in [0.05, 0.1) is 17.2 Å². The van der Waals surface area contributed by atoms with Crippen molar-refractivity contribution in [3.8, 4) is 5.75 Å². The fourth-order valence-corrected chi connectivity index (χ4v) is 2.26. The van der Waals surface area contributed by atoms with Crippen LogP contribution < -0.4 is 10.1 Å². The molecule has 1 amide bonds. The number of nitrogens with zero attached hydrogens (tertiary/aromatic N) is 1. The van der Waals surface area contributed by atoms with Gasteiger partial charge in [-0.2, -0.15) is 0 Å². The van der Waals surface area contributed by atoms with Crippen LogP contribution in [0.15, 0.2) is 54.6 Å². The Morgan fingerprint density at radius 1 is 1.21 bits per heavy atom. The maximum absolute atomic E-state index is 12.3. The van der Waals surface area contributed by atoms with Crippen LogP contribution >= 0.6 is 0 Å². The van der Waals surface area contributed by atoms with Crippen molar-refractivity contribution >= 4 is 29.3 Å². The second kappa shape index (κ2) is 9.86. The molecule has 0 unspecified atom stereocenters. The number of nitrogens with one attached hydrogen (secondary N) is 1. The molecule has 2 rings (SSSR count). The zero-order valence-corrected chi connectivity index (χ0v) is 15.5. The van der Waals surface area contributed by atoms with E-state index in [9.17, 15) is 19.7 Å². The van der Waals surface area contributed by atoms with E-state index in [0.717, 1.165) is 6.08 Å². The summed E-state index contributed by atoms with van der Waals surface area (Å²) in [4.78, 5) is 34.4. The average molecular weight is 384 g/mol. The van der Waals surface area contributed by atoms with Gasteiger partial charge < -0.3 is 14.8 Å². The lowest BCUT2D eigenvalue weighted by Crippen LogP contribution is -2.29. The Labute approximate surface area is 161 Å². The minimum absolute atomic E-state index is 0.0868. The smallest absolute Gasteiger partial charge is 0.331 e. The number of non-ortho nitro benzene ring substituents is 1. The maximum Gasteiger partial charge on any atom is 0.331 e. The number of ether oxygens (including phenoxy) is 2. The van der Waals surface area contributed by atoms with Gasteiger partial charge in [-0.05, 0) is 37.6 Å². The summed E-state index contributed by atoms with van der Waals surface area (Å²) < 4.78 is 10.5. The Morgan fingerprint density at radius 2 is 1.96 bits per heavy atom. The number of nitro benzene ring substituents is 1. The van der Waals surface area contributed by atoms with Gasteiger partial charge in [0.1, 0.15) is 5.75 Å². The Kier molecular flexibility index (Phi) is 7.27. The minimum Gasteiger partial charge on any atom is -0.492 e. The fourth-order valence-electron chi connectivity index (χ4n) is 2.26. The van der Waals surface area contributed by atoms with Crippen molar-refractivity contribution < 1.29 is 24.0 Å². The molecule has 28 heavy (non-hydrogen) atoms. The molecule has 2 aromatic rings. The van der Waals surface area contributed by atoms with Crippen LogP contribution in [0.5, 0.6) is 5.75 Å². The van der Waals surface area contributed by atoms with Gasteiger partial charge in [-0.1, -0.05) is 24.3 Å². The Hall–Kier alpha value is -3.68. The largest absolute Gasteiger partial charge is 0.492 e. The zero-order chi connectivity index (χ0) is 20.5. The minimum atomic E-state index is -1.04. The van der Waals surface area contributed by atoms with E-state index >= 15 is 0 Å². The molecule has 0 fully saturated rings. The first-order chi connectivity index (χ1) is 13.4. The van der Waals surface area contributed by atoms with Gasteiger partial charge in [0, 0.05) is 18.2 Å². The first-order valence-electron chi connectivity index (χ1n) is 8.56. The molecule has 1 N–H and O–H groups in total. The quantitative estimate of drug-likeness (QED) is 0.323. The van der Waals surface area contributed by atoms with Gasteiger partial charge in [0.25, 0.3) is 11.6 Å². The Bertz CT molecular complexity index is 894. The van der Waals surface area contributed by atoms with Crippen LogP contribution in [0.3, 0.4) is 0 Å². The Balaban J connectivity index is 1.95. The third-order valence-electron chi connectivity index (χ3n) is 3.60. The van der Waals surface area contributed by atoms with E-state index in [1.165, 1.54) is 31.2 Å². The number of anilines is 1. The molecule has 8 heteroatoms. The Morgan fingerprint density at radius 3 is 2.68 bits per heavy atom. The van der Waals surface area contributed by atoms with Gasteiger partial charge in [-0.15, -0.1) is 0 Å². The van der Waals surface area contributed by atoms with Crippen LogP contribution in [0.1, 0.15) is 19.4 Å². The predicted molar refractivity (Wildman–Crippen MR) is 104 cm³/mol. The summed E-state index contributed by atoms with van der Waals surface area (Å²) in [6.07, 6.45) is 1.44. The summed E-state index contributed by atoms with van der Waals surface area (Å²) in [5, 5.41) is 13.4. The van der Waals surface area contributed by atoms with E-state index in [4.69, 9.17) is 9.47 Å². The molecule has 0 saturated heterocycles. The highest BCUT2D eigenvalue weighted by molar-refractivity contribution is 5.97. The number of nitro groups is 1. The van der Waals surface area contributed by atoms with E-state index in [2.05, 4.69) is 5.32 Å². The first-order valence-corrected chi connectivity index (χ1v) is 8.56. The molecular weight excluding hydrogens is 364 g/mol. The molecule has 0 heterocycles. The zero-order valence-electron chi connectivity index (χ0n) is 15.5. The number of carbonyl (C=O) groups is 2. The van der Waals surface area contributed by atoms with Crippen molar-refractivity contribution in [1.82, 2.24) is 0 Å². The molecule has 0 aliphatic rings. The van der Waals surface area contributed by atoms with Crippen molar-refractivity contribution in [1.29, 1.82) is 0 Å². The predicted octanol–water partition coefficient (Wildman–Crippen LogP) is 3.58. The molecule has 0 aromatic heterocycles. The third-order valence-corrected chi connectivity index (χ3v) is 3.60. The number of benzene rings is 2. The first kappa shape index (κ1) is 20.6. The van der Waals surface area contributed by atoms with Gasteiger partial charge in [-0.3, -0.25) is 14.9 Å². The summed E-state index contributed by atoms with van der Waals surface area (Å²) in [6, 6.07) is 12.7. The SMILES string of the molecule is CCOc1ccccc1NC(=O)[C@H](C)OC(=O)/C=C/c1cccc([N+](=O)[O-])c1. The molecule has 0 spiro atoms. The lowest BCUT2D eigenvalue weighted by Gasteiger charge is -2.15. The van der Waals surface area contributed by atoms with E-state index in [1.807, 2.05) is 6.92 Å². The molecule has 146 valence electrons. The summed E-state index contributed by atoms with van der Waals surface area (Å²) in [6.45, 7) is 3.72. The summed E-state index contributed by atoms with van der Waals surface area (Å²) >= 11 is 0. The number of hydrogen-bond donors (Lipinski definition) is 1. The molecule has 0 aliphatic heterocycles. The highest BCUT2D eigenvalue weighted by Gasteiger charge is 2.18. The van der Waals surface area contributed by atoms with Gasteiger partial charge >= 0.3 is 5.97 Å². The average Bonchev–Trinajstić information content (AvgIpc) is 2.68. The number of carbonyl (C=O) groups excluding carboxylic acids is 2. The molecule has 1 atom stereocenters. The number of amides is 1. The van der Waals surface area contributed by atoms with Crippen LogP contribution in [0.4, 0.5) is 11.4 Å². The second-order valence-electron chi connectivity index (χ2n) is 5.68. The molecule has 0 saturated carbocycles. The number of para-hydroxylation sites is 2. The normalized spacial score (nSPS) is 11.6. The summed E-state index contributed by atoms with van der Waals surface area (Å²) in [7, 11) is 0. The number of esters is 1. The maximum atomic E-state index is 12.3. The van der Waals surface area contributed by atoms with Crippen LogP contribution in [0.25, 0.3) is 6.08 Å². The van der Waals surface area contributed by atoms with Crippen molar-refractivity contribution in [3.63, 3.8) is 0 Å². The van der Waals surface area contributed by atoms with E-state index < -0.39 is 22.9 Å². The molecule has 2 aromatic carbocycles. The molecular formula is C20H20N2O6. The lowest BCUT2D eigenvalue weighted by molar-refractivity contribution is -0.384. The molecule has 8 nitrogen and oxygen atoms in total. The highest BCUT2D eigenvalue weighted by atomic mass is 16.6. The topological polar surface area (TPSA) is 108 Å². The van der Waals surface area contributed by atoms with Crippen molar-refractivity contribution in [2.24, 2.45) is 0 Å². The molecule has 0 bridgehead atoms. The molecule has 0 radical (unpaired) electrons. The van der Waals surface area contributed by atoms with E-state index in [-0.39, 0.29) is 5.69 Å². The molecule has 0 aliphatic carbocycles. The summed E-state index contributed by atoms with van der Waals surface area (Å²) in [5.74, 6) is -0.737. The van der Waals surface area contributed by atoms with Gasteiger partial charge in [0.15, 0.2) is 6.10 Å². The number of rotatable bonds is 8. The van der Waals surface area contributed by atoms with Crippen LogP contribution in [0, 0.1) is 10.1 Å². The fraction of sp³-hybridized carbons (Fsp3) is 0.200. The van der Waals surface area contributed by atoms with Crippen molar-refractivity contribution in [3.05, 3.63) is 70.3 Å². The van der Waals surface area contributed by atoms with E-state index in [1.54, 1.807) is 30.3 Å². The van der Waals surface area contributed by atoms with Gasteiger partial charge in [0.2, 0.25) is 0 Å². The monoisotopic (exact) mass is 384 g/mol. The van der Waals surface area contributed by atoms with Crippen LogP contribution in [-0.4, -0.2) is 29.5 Å². The summed E-state index contributed by atoms with van der Waals surface area (Å²) in [5.41, 5.74) is 0.856. The highest BCUT2D eigenvalue weighted by Crippen LogP contribution is 2.24. The van der Waals surface area contributed by atoms with E-state index in [0.29, 0.717) is 23.6 Å². The standard InChI is InChI=1S/C20H20N2O6/c1-3-27-18-10-5-4-9-17(18)21-20(24)14(2)28-19(23)12-11-15-7-6-8-16(13-15)22(25)26/h4-14H,3H2,1-2H3,(H,21,24)/b12-11+/t14-/m0/s1. The number of hydrogen-bond acceptors (Lipinski definition) is 6. The lowest BCUT2D eigenvalue weighted by atomic mass is 10.2. The van der Waals surface area contributed by atoms with Gasteiger partial charge in [-0.25, -0.2) is 4.79 Å². The van der Waals surface area contributed by atoms with Crippen LogP contribution in [0.2, 0.25) is 0 Å². The second-order valence-corrected chi connectivity index (χ2v) is 5.68. The van der Waals surface area contributed by atoms with Crippen molar-refractivity contribution in [2.75, 3.05) is 11.9 Å². The van der Waals surface area contributed by atoms with Crippen LogP contribution in [-0.2, 0) is 14.3 Å². The van der Waals surface area contributed by atoms with Crippen molar-refractivity contribution in [2.45, 2.75) is 20.0 Å².